The number of hydrogen-bond acceptors (Lipinski definition) is 6. The van der Waals surface area contributed by atoms with E-state index in [4.69, 9.17) is 16.1 Å². The van der Waals surface area contributed by atoms with E-state index in [9.17, 15) is 4.79 Å². The van der Waals surface area contributed by atoms with Crippen molar-refractivity contribution >= 4 is 23.2 Å². The minimum Gasteiger partial charge on any atom is -0.334 e. The maximum Gasteiger partial charge on any atom is 0.259 e. The third-order valence-corrected chi connectivity index (χ3v) is 5.45. The number of hydrogen-bond donors (Lipinski definition) is 0. The number of carbonyl (C=O) groups is 1. The highest BCUT2D eigenvalue weighted by Gasteiger charge is 2.32. The number of nitrogens with zero attached hydrogens (tertiary/aromatic N) is 5. The summed E-state index contributed by atoms with van der Waals surface area (Å²) < 4.78 is 5.39. The van der Waals surface area contributed by atoms with Crippen molar-refractivity contribution in [3.63, 3.8) is 0 Å². The lowest BCUT2D eigenvalue weighted by Crippen LogP contribution is -2.42. The van der Waals surface area contributed by atoms with E-state index in [2.05, 4.69) is 20.1 Å². The molecule has 3 heterocycles. The molecular formula is C22H22ClN5O2. The van der Waals surface area contributed by atoms with Crippen molar-refractivity contribution in [3.8, 4) is 11.5 Å². The van der Waals surface area contributed by atoms with Gasteiger partial charge in [0.05, 0.1) is 17.3 Å². The predicted molar refractivity (Wildman–Crippen MR) is 114 cm³/mol. The zero-order valence-electron chi connectivity index (χ0n) is 16.7. The van der Waals surface area contributed by atoms with Gasteiger partial charge in [0.2, 0.25) is 5.91 Å². The molecule has 1 saturated heterocycles. The van der Waals surface area contributed by atoms with Crippen LogP contribution in [-0.4, -0.2) is 51.3 Å². The lowest BCUT2D eigenvalue weighted by Gasteiger charge is -2.29. The molecular weight excluding hydrogens is 402 g/mol. The molecule has 0 saturated carbocycles. The topological polar surface area (TPSA) is 84.5 Å². The largest absolute Gasteiger partial charge is 0.334 e. The van der Waals surface area contributed by atoms with Gasteiger partial charge in [-0.15, -0.1) is 0 Å². The fraction of sp³-hybridized carbons (Fsp3) is 0.318. The Balaban J connectivity index is 1.55. The highest BCUT2D eigenvalue weighted by molar-refractivity contribution is 6.30. The van der Waals surface area contributed by atoms with Gasteiger partial charge in [0.25, 0.3) is 5.89 Å². The number of pyridine rings is 1. The number of amides is 1. The number of aliphatic imine (C=N–C) groups is 1. The van der Waals surface area contributed by atoms with Crippen LogP contribution in [0.15, 0.2) is 58.3 Å². The Morgan fingerprint density at radius 2 is 2.13 bits per heavy atom. The Labute approximate surface area is 179 Å². The van der Waals surface area contributed by atoms with Gasteiger partial charge in [0.1, 0.15) is 0 Å². The van der Waals surface area contributed by atoms with E-state index in [1.807, 2.05) is 41.3 Å². The monoisotopic (exact) mass is 423 g/mol. The second kappa shape index (κ2) is 9.17. The summed E-state index contributed by atoms with van der Waals surface area (Å²) in [6.45, 7) is 0.725. The van der Waals surface area contributed by atoms with Gasteiger partial charge in [-0.2, -0.15) is 4.98 Å². The Hall–Kier alpha value is -3.06. The average Bonchev–Trinajstić information content (AvgIpc) is 3.42. The third-order valence-electron chi connectivity index (χ3n) is 5.20. The molecule has 7 nitrogen and oxygen atoms in total. The second-order valence-electron chi connectivity index (χ2n) is 7.12. The number of rotatable bonds is 7. The summed E-state index contributed by atoms with van der Waals surface area (Å²) in [5.41, 5.74) is 2.59. The lowest BCUT2D eigenvalue weighted by molar-refractivity contribution is -0.128. The van der Waals surface area contributed by atoms with Gasteiger partial charge in [0.15, 0.2) is 5.82 Å². The summed E-state index contributed by atoms with van der Waals surface area (Å²) in [4.78, 5) is 27.5. The molecule has 8 heteroatoms. The van der Waals surface area contributed by atoms with Crippen molar-refractivity contribution in [1.82, 2.24) is 20.0 Å². The molecule has 1 amide bonds. The zero-order valence-corrected chi connectivity index (χ0v) is 17.4. The van der Waals surface area contributed by atoms with Crippen LogP contribution in [0.4, 0.5) is 0 Å². The molecule has 1 unspecified atom stereocenters. The molecule has 0 N–H and O–H groups in total. The summed E-state index contributed by atoms with van der Waals surface area (Å²) in [6, 6.07) is 11.1. The van der Waals surface area contributed by atoms with E-state index in [0.29, 0.717) is 36.0 Å². The fourth-order valence-electron chi connectivity index (χ4n) is 3.76. The van der Waals surface area contributed by atoms with E-state index in [1.165, 1.54) is 0 Å². The predicted octanol–water partition coefficient (Wildman–Crippen LogP) is 3.83. The van der Waals surface area contributed by atoms with E-state index < -0.39 is 0 Å². The molecule has 3 aromatic rings. The minimum absolute atomic E-state index is 0.152. The summed E-state index contributed by atoms with van der Waals surface area (Å²) in [6.07, 6.45) is 6.02. The highest BCUT2D eigenvalue weighted by Crippen LogP contribution is 2.23. The van der Waals surface area contributed by atoms with Crippen LogP contribution in [0.5, 0.6) is 0 Å². The molecule has 0 spiro atoms. The van der Waals surface area contributed by atoms with Crippen molar-refractivity contribution in [2.45, 2.75) is 31.7 Å². The first-order chi connectivity index (χ1) is 14.7. The first kappa shape index (κ1) is 20.2. The molecule has 0 bridgehead atoms. The van der Waals surface area contributed by atoms with Crippen molar-refractivity contribution in [2.24, 2.45) is 4.99 Å². The van der Waals surface area contributed by atoms with Gasteiger partial charge in [-0.25, -0.2) is 0 Å². The maximum absolute atomic E-state index is 12.5. The number of halogens is 1. The smallest absolute Gasteiger partial charge is 0.259 e. The van der Waals surface area contributed by atoms with Gasteiger partial charge in [-0.1, -0.05) is 28.9 Å². The molecule has 1 fully saturated rings. The van der Waals surface area contributed by atoms with Crippen LogP contribution in [0.1, 0.15) is 30.7 Å². The Bertz CT molecular complexity index is 1030. The van der Waals surface area contributed by atoms with Crippen molar-refractivity contribution in [3.05, 3.63) is 65.2 Å². The van der Waals surface area contributed by atoms with Gasteiger partial charge in [-0.3, -0.25) is 14.8 Å². The first-order valence-corrected chi connectivity index (χ1v) is 10.3. The summed E-state index contributed by atoms with van der Waals surface area (Å²) in [7, 11) is 1.76. The standard InChI is InChI=1S/C22H22ClN5O2/c1-24-21(15-6-8-17(23)9-7-15)18(28-13-3-5-20(28)29)10-11-19-26-22(30-27-19)16-4-2-12-25-14-16/h2,4,6-9,12,14,18H,3,5,10-11,13H2,1H3. The molecule has 1 aliphatic heterocycles. The molecule has 0 radical (unpaired) electrons. The molecule has 154 valence electrons. The molecule has 4 rings (SSSR count). The number of likely N-dealkylation sites (tertiary alicyclic amines) is 1. The average molecular weight is 424 g/mol. The molecule has 1 aliphatic rings. The quantitative estimate of drug-likeness (QED) is 0.539. The Kier molecular flexibility index (Phi) is 6.18. The van der Waals surface area contributed by atoms with Gasteiger partial charge in [-0.05, 0) is 42.7 Å². The molecule has 1 atom stereocenters. The van der Waals surface area contributed by atoms with Crippen molar-refractivity contribution in [1.29, 1.82) is 0 Å². The number of aryl methyl sites for hydroxylation is 1. The van der Waals surface area contributed by atoms with Crippen LogP contribution in [0.3, 0.4) is 0 Å². The van der Waals surface area contributed by atoms with E-state index in [1.54, 1.807) is 19.4 Å². The number of aromatic nitrogens is 3. The lowest BCUT2D eigenvalue weighted by atomic mass is 9.97. The Morgan fingerprint density at radius 3 is 2.80 bits per heavy atom. The van der Waals surface area contributed by atoms with E-state index in [-0.39, 0.29) is 11.9 Å². The van der Waals surface area contributed by atoms with Crippen molar-refractivity contribution < 1.29 is 9.32 Å². The summed E-state index contributed by atoms with van der Waals surface area (Å²) in [5, 5.41) is 4.77. The third kappa shape index (κ3) is 4.41. The van der Waals surface area contributed by atoms with Crippen LogP contribution >= 0.6 is 11.6 Å². The maximum atomic E-state index is 12.5. The molecule has 1 aromatic carbocycles. The number of carbonyl (C=O) groups excluding carboxylic acids is 1. The van der Waals surface area contributed by atoms with Crippen molar-refractivity contribution in [2.75, 3.05) is 13.6 Å². The minimum atomic E-state index is -0.161. The van der Waals surface area contributed by atoms with Crippen LogP contribution in [-0.2, 0) is 11.2 Å². The Morgan fingerprint density at radius 1 is 1.30 bits per heavy atom. The van der Waals surface area contributed by atoms with Crippen LogP contribution < -0.4 is 0 Å². The van der Waals surface area contributed by atoms with Crippen LogP contribution in [0.25, 0.3) is 11.5 Å². The highest BCUT2D eigenvalue weighted by atomic mass is 35.5. The second-order valence-corrected chi connectivity index (χ2v) is 7.55. The molecule has 0 aliphatic carbocycles. The van der Waals surface area contributed by atoms with E-state index in [0.717, 1.165) is 29.8 Å². The molecule has 30 heavy (non-hydrogen) atoms. The summed E-state index contributed by atoms with van der Waals surface area (Å²) in [5.74, 6) is 1.19. The molecule has 2 aromatic heterocycles. The normalized spacial score (nSPS) is 15.6. The van der Waals surface area contributed by atoms with Gasteiger partial charge < -0.3 is 9.42 Å². The fourth-order valence-corrected chi connectivity index (χ4v) is 3.88. The van der Waals surface area contributed by atoms with Crippen LogP contribution in [0, 0.1) is 0 Å². The summed E-state index contributed by atoms with van der Waals surface area (Å²) >= 11 is 6.05. The first-order valence-electron chi connectivity index (χ1n) is 9.91. The number of benzene rings is 1. The SMILES string of the molecule is CN=C(c1ccc(Cl)cc1)C(CCc1noc(-c2cccnc2)n1)N1CCCC1=O. The van der Waals surface area contributed by atoms with Gasteiger partial charge >= 0.3 is 0 Å². The van der Waals surface area contributed by atoms with Crippen LogP contribution in [0.2, 0.25) is 5.02 Å². The van der Waals surface area contributed by atoms with E-state index >= 15 is 0 Å². The zero-order chi connectivity index (χ0) is 20.9. The van der Waals surface area contributed by atoms with Gasteiger partial charge in [0, 0.05) is 43.9 Å².